The summed E-state index contributed by atoms with van der Waals surface area (Å²) in [7, 11) is 0. The van der Waals surface area contributed by atoms with Gasteiger partial charge < -0.3 is 25.4 Å². The summed E-state index contributed by atoms with van der Waals surface area (Å²) in [4.78, 5) is 41.0. The number of aliphatic hydroxyl groups is 1. The van der Waals surface area contributed by atoms with E-state index >= 15 is 0 Å². The summed E-state index contributed by atoms with van der Waals surface area (Å²) in [5.74, 6) is -0.127. The summed E-state index contributed by atoms with van der Waals surface area (Å²) in [5.41, 5.74) is 0.955. The molecule has 3 N–H and O–H groups in total. The van der Waals surface area contributed by atoms with Crippen molar-refractivity contribution >= 4 is 29.7 Å². The van der Waals surface area contributed by atoms with Crippen molar-refractivity contribution < 1.29 is 24.2 Å². The molecule has 0 fully saturated rings. The molecule has 0 spiro atoms. The lowest BCUT2D eigenvalue weighted by molar-refractivity contribution is -0.143. The SMILES string of the molecule is CCCCCNC(=O)C(c1ccc(C)cc1)N(CCO)C(=O)C(CCSC)NC(=O)OC(C)(C)C. The third-order valence-electron chi connectivity index (χ3n) is 5.26. The zero-order chi connectivity index (χ0) is 26.4. The average molecular weight is 510 g/mol. The van der Waals surface area contributed by atoms with Gasteiger partial charge in [-0.25, -0.2) is 4.79 Å². The number of nitrogens with one attached hydrogen (secondary N) is 2. The summed E-state index contributed by atoms with van der Waals surface area (Å²) in [6.07, 6.45) is 4.44. The van der Waals surface area contributed by atoms with E-state index in [0.717, 1.165) is 24.8 Å². The molecule has 1 aromatic carbocycles. The number of rotatable bonds is 14. The lowest BCUT2D eigenvalue weighted by Gasteiger charge is -2.34. The number of benzene rings is 1. The van der Waals surface area contributed by atoms with Gasteiger partial charge in [0.25, 0.3) is 0 Å². The van der Waals surface area contributed by atoms with Crippen LogP contribution in [0.4, 0.5) is 4.79 Å². The van der Waals surface area contributed by atoms with E-state index in [-0.39, 0.29) is 19.1 Å². The van der Waals surface area contributed by atoms with Gasteiger partial charge in [0, 0.05) is 13.1 Å². The van der Waals surface area contributed by atoms with Crippen LogP contribution < -0.4 is 10.6 Å². The maximum Gasteiger partial charge on any atom is 0.408 e. The molecule has 0 heterocycles. The molecular formula is C26H43N3O5S. The van der Waals surface area contributed by atoms with Crippen LogP contribution >= 0.6 is 11.8 Å². The molecule has 0 aliphatic carbocycles. The predicted molar refractivity (Wildman–Crippen MR) is 141 cm³/mol. The van der Waals surface area contributed by atoms with E-state index in [4.69, 9.17) is 4.74 Å². The topological polar surface area (TPSA) is 108 Å². The number of aliphatic hydroxyl groups excluding tert-OH is 1. The van der Waals surface area contributed by atoms with Gasteiger partial charge in [-0.05, 0) is 58.1 Å². The third-order valence-corrected chi connectivity index (χ3v) is 5.90. The average Bonchev–Trinajstić information content (AvgIpc) is 2.78. The molecule has 0 aliphatic rings. The predicted octanol–water partition coefficient (Wildman–Crippen LogP) is 3.81. The smallest absolute Gasteiger partial charge is 0.408 e. The van der Waals surface area contributed by atoms with Crippen molar-refractivity contribution in [3.05, 3.63) is 35.4 Å². The number of carbonyl (C=O) groups excluding carboxylic acids is 3. The van der Waals surface area contributed by atoms with Crippen molar-refractivity contribution in [3.63, 3.8) is 0 Å². The Bertz CT molecular complexity index is 795. The van der Waals surface area contributed by atoms with Crippen molar-refractivity contribution in [3.8, 4) is 0 Å². The van der Waals surface area contributed by atoms with E-state index in [0.29, 0.717) is 24.3 Å². The maximum atomic E-state index is 13.8. The van der Waals surface area contributed by atoms with Crippen molar-refractivity contribution in [1.82, 2.24) is 15.5 Å². The minimum atomic E-state index is -0.936. The second-order valence-electron chi connectivity index (χ2n) is 9.55. The van der Waals surface area contributed by atoms with Gasteiger partial charge in [-0.2, -0.15) is 11.8 Å². The minimum absolute atomic E-state index is 0.0501. The molecule has 0 aliphatic heterocycles. The number of hydrogen-bond acceptors (Lipinski definition) is 6. The zero-order valence-electron chi connectivity index (χ0n) is 22.1. The number of unbranched alkanes of at least 4 members (excludes halogenated alkanes) is 2. The number of hydrogen-bond donors (Lipinski definition) is 3. The largest absolute Gasteiger partial charge is 0.444 e. The minimum Gasteiger partial charge on any atom is -0.444 e. The van der Waals surface area contributed by atoms with Crippen LogP contribution in [0.5, 0.6) is 0 Å². The van der Waals surface area contributed by atoms with E-state index in [1.165, 1.54) is 4.90 Å². The van der Waals surface area contributed by atoms with Gasteiger partial charge in [0.15, 0.2) is 0 Å². The monoisotopic (exact) mass is 509 g/mol. The van der Waals surface area contributed by atoms with E-state index in [1.807, 2.05) is 37.4 Å². The number of thioether (sulfide) groups is 1. The first-order valence-corrected chi connectivity index (χ1v) is 13.7. The van der Waals surface area contributed by atoms with Crippen LogP contribution in [0.25, 0.3) is 0 Å². The highest BCUT2D eigenvalue weighted by Gasteiger charge is 2.35. The number of aryl methyl sites for hydroxylation is 1. The van der Waals surface area contributed by atoms with Gasteiger partial charge in [-0.15, -0.1) is 0 Å². The van der Waals surface area contributed by atoms with E-state index in [1.54, 1.807) is 32.5 Å². The Labute approximate surface area is 214 Å². The van der Waals surface area contributed by atoms with Crippen LogP contribution in [0.1, 0.15) is 70.5 Å². The van der Waals surface area contributed by atoms with Crippen LogP contribution in [-0.2, 0) is 14.3 Å². The Kier molecular flexibility index (Phi) is 13.8. The fourth-order valence-electron chi connectivity index (χ4n) is 3.52. The highest BCUT2D eigenvalue weighted by Crippen LogP contribution is 2.24. The van der Waals surface area contributed by atoms with Crippen molar-refractivity contribution in [1.29, 1.82) is 0 Å². The molecule has 0 aromatic heterocycles. The number of alkyl carbamates (subject to hydrolysis) is 1. The Hall–Kier alpha value is -2.26. The molecule has 2 unspecified atom stereocenters. The highest BCUT2D eigenvalue weighted by atomic mass is 32.2. The first kappa shape index (κ1) is 30.8. The van der Waals surface area contributed by atoms with Gasteiger partial charge in [0.2, 0.25) is 11.8 Å². The fraction of sp³-hybridized carbons (Fsp3) is 0.654. The van der Waals surface area contributed by atoms with E-state index in [2.05, 4.69) is 17.6 Å². The molecule has 0 radical (unpaired) electrons. The molecule has 1 rings (SSSR count). The fourth-order valence-corrected chi connectivity index (χ4v) is 3.99. The second-order valence-corrected chi connectivity index (χ2v) is 10.5. The number of nitrogens with zero attached hydrogens (tertiary/aromatic N) is 1. The van der Waals surface area contributed by atoms with Crippen LogP contribution in [0.2, 0.25) is 0 Å². The van der Waals surface area contributed by atoms with E-state index in [9.17, 15) is 19.5 Å². The maximum absolute atomic E-state index is 13.8. The molecule has 3 amide bonds. The summed E-state index contributed by atoms with van der Waals surface area (Å²) in [5, 5.41) is 15.4. The van der Waals surface area contributed by atoms with E-state index < -0.39 is 29.7 Å². The lowest BCUT2D eigenvalue weighted by atomic mass is 10.0. The van der Waals surface area contributed by atoms with Crippen LogP contribution in [-0.4, -0.2) is 71.3 Å². The van der Waals surface area contributed by atoms with Crippen molar-refractivity contribution in [2.45, 2.75) is 78.0 Å². The lowest BCUT2D eigenvalue weighted by Crippen LogP contribution is -2.54. The Balaban J connectivity index is 3.29. The Morgan fingerprint density at radius 2 is 1.80 bits per heavy atom. The van der Waals surface area contributed by atoms with Gasteiger partial charge in [-0.1, -0.05) is 49.6 Å². The molecule has 2 atom stereocenters. The molecule has 8 nitrogen and oxygen atoms in total. The number of carbonyl (C=O) groups is 3. The molecule has 1 aromatic rings. The normalized spacial score (nSPS) is 13.0. The first-order chi connectivity index (χ1) is 16.5. The molecule has 0 saturated heterocycles. The van der Waals surface area contributed by atoms with Crippen LogP contribution in [0.15, 0.2) is 24.3 Å². The van der Waals surface area contributed by atoms with Crippen molar-refractivity contribution in [2.24, 2.45) is 0 Å². The molecule has 198 valence electrons. The van der Waals surface area contributed by atoms with Crippen molar-refractivity contribution in [2.75, 3.05) is 31.7 Å². The summed E-state index contributed by atoms with van der Waals surface area (Å²) < 4.78 is 5.36. The molecule has 9 heteroatoms. The standard InChI is InChI=1S/C26H43N3O5S/c1-7-8-9-15-27-23(31)22(20-12-10-19(2)11-13-20)29(16-17-30)24(32)21(14-18-35-6)28-25(33)34-26(3,4)5/h10-13,21-22,30H,7-9,14-18H2,1-6H3,(H,27,31)(H,28,33). The Morgan fingerprint density at radius 3 is 2.34 bits per heavy atom. The molecule has 0 saturated carbocycles. The summed E-state index contributed by atoms with van der Waals surface area (Å²) >= 11 is 1.55. The quantitative estimate of drug-likeness (QED) is 0.329. The van der Waals surface area contributed by atoms with Crippen LogP contribution in [0, 0.1) is 6.92 Å². The molecule has 0 bridgehead atoms. The molecular weight excluding hydrogens is 466 g/mol. The Morgan fingerprint density at radius 1 is 1.14 bits per heavy atom. The van der Waals surface area contributed by atoms with Crippen LogP contribution in [0.3, 0.4) is 0 Å². The highest BCUT2D eigenvalue weighted by molar-refractivity contribution is 7.98. The van der Waals surface area contributed by atoms with Gasteiger partial charge in [-0.3, -0.25) is 9.59 Å². The number of ether oxygens (including phenoxy) is 1. The van der Waals surface area contributed by atoms with Gasteiger partial charge >= 0.3 is 6.09 Å². The summed E-state index contributed by atoms with van der Waals surface area (Å²) in [6.45, 7) is 9.42. The third kappa shape index (κ3) is 11.3. The van der Waals surface area contributed by atoms with Gasteiger partial charge in [0.05, 0.1) is 6.61 Å². The zero-order valence-corrected chi connectivity index (χ0v) is 22.9. The number of amides is 3. The first-order valence-electron chi connectivity index (χ1n) is 12.3. The second kappa shape index (κ2) is 15.7. The van der Waals surface area contributed by atoms with Gasteiger partial charge in [0.1, 0.15) is 17.7 Å². The summed E-state index contributed by atoms with van der Waals surface area (Å²) in [6, 6.07) is 5.58. The molecule has 35 heavy (non-hydrogen) atoms.